The number of rotatable bonds is 3. The largest absolute Gasteiger partial charge is 0.330 e. The van der Waals surface area contributed by atoms with Gasteiger partial charge in [0, 0.05) is 12.4 Å². The Hall–Kier alpha value is -0.600. The van der Waals surface area contributed by atoms with E-state index in [-0.39, 0.29) is 5.41 Å². The first-order valence-corrected chi connectivity index (χ1v) is 4.96. The van der Waals surface area contributed by atoms with Crippen molar-refractivity contribution in [2.24, 2.45) is 5.73 Å². The third-order valence-corrected chi connectivity index (χ3v) is 3.12. The van der Waals surface area contributed by atoms with Gasteiger partial charge in [0.05, 0.1) is 5.02 Å². The molecule has 2 nitrogen and oxygen atoms in total. The third-order valence-electron chi connectivity index (χ3n) is 2.82. The molecule has 3 heteroatoms. The molecule has 1 fully saturated rings. The summed E-state index contributed by atoms with van der Waals surface area (Å²) in [7, 11) is 0. The fourth-order valence-electron chi connectivity index (χ4n) is 1.89. The molecule has 1 saturated carbocycles. The Morgan fingerprint density at radius 3 is 2.85 bits per heavy atom. The molecule has 0 aromatic carbocycles. The van der Waals surface area contributed by atoms with Gasteiger partial charge in [0.15, 0.2) is 0 Å². The number of aromatic nitrogens is 1. The lowest BCUT2D eigenvalue weighted by Crippen LogP contribution is -2.13. The summed E-state index contributed by atoms with van der Waals surface area (Å²) in [5, 5.41) is 0.786. The van der Waals surface area contributed by atoms with Crippen molar-refractivity contribution in [3.63, 3.8) is 0 Å². The summed E-state index contributed by atoms with van der Waals surface area (Å²) in [6.07, 6.45) is 6.99. The lowest BCUT2D eigenvalue weighted by molar-refractivity contribution is 0.628. The van der Waals surface area contributed by atoms with Crippen molar-refractivity contribution in [3.05, 3.63) is 29.0 Å². The molecule has 1 aliphatic rings. The minimum absolute atomic E-state index is 0.286. The maximum atomic E-state index is 6.08. The molecule has 1 heterocycles. The van der Waals surface area contributed by atoms with Crippen LogP contribution in [0.5, 0.6) is 0 Å². The SMILES string of the molecule is NCCC1(c2ccncc2Cl)CC1. The van der Waals surface area contributed by atoms with Gasteiger partial charge in [-0.25, -0.2) is 0 Å². The summed E-state index contributed by atoms with van der Waals surface area (Å²) in [6, 6.07) is 2.02. The van der Waals surface area contributed by atoms with E-state index in [1.807, 2.05) is 6.07 Å². The number of nitrogens with zero attached hydrogens (tertiary/aromatic N) is 1. The first kappa shape index (κ1) is 8.97. The van der Waals surface area contributed by atoms with Crippen molar-refractivity contribution >= 4 is 11.6 Å². The predicted octanol–water partition coefficient (Wildman–Crippen LogP) is 2.12. The summed E-state index contributed by atoms with van der Waals surface area (Å²) < 4.78 is 0. The maximum absolute atomic E-state index is 6.08. The van der Waals surface area contributed by atoms with Gasteiger partial charge < -0.3 is 5.73 Å². The highest BCUT2D eigenvalue weighted by atomic mass is 35.5. The van der Waals surface area contributed by atoms with Crippen molar-refractivity contribution in [1.82, 2.24) is 4.98 Å². The third kappa shape index (κ3) is 1.56. The van der Waals surface area contributed by atoms with E-state index in [0.29, 0.717) is 0 Å². The zero-order valence-corrected chi connectivity index (χ0v) is 8.22. The van der Waals surface area contributed by atoms with Crippen molar-refractivity contribution in [3.8, 4) is 0 Å². The molecule has 2 rings (SSSR count). The summed E-state index contributed by atoms with van der Waals surface area (Å²) in [6.45, 7) is 0.735. The number of nitrogens with two attached hydrogens (primary N) is 1. The van der Waals surface area contributed by atoms with Crippen molar-refractivity contribution in [2.75, 3.05) is 6.54 Å². The Labute approximate surface area is 83.1 Å². The number of hydrogen-bond acceptors (Lipinski definition) is 2. The Bertz CT molecular complexity index is 308. The quantitative estimate of drug-likeness (QED) is 0.805. The van der Waals surface area contributed by atoms with Crippen LogP contribution in [0.4, 0.5) is 0 Å². The average Bonchev–Trinajstić information content (AvgIpc) is 2.87. The van der Waals surface area contributed by atoms with Crippen LogP contribution in [0.2, 0.25) is 5.02 Å². The van der Waals surface area contributed by atoms with Crippen LogP contribution in [0.25, 0.3) is 0 Å². The second-order valence-corrected chi connectivity index (χ2v) is 4.08. The molecule has 1 aromatic heterocycles. The first-order valence-electron chi connectivity index (χ1n) is 4.58. The van der Waals surface area contributed by atoms with Crippen LogP contribution in [0.15, 0.2) is 18.5 Å². The second kappa shape index (κ2) is 3.28. The lowest BCUT2D eigenvalue weighted by atomic mass is 9.93. The van der Waals surface area contributed by atoms with Gasteiger partial charge in [-0.3, -0.25) is 4.98 Å². The van der Waals surface area contributed by atoms with E-state index < -0.39 is 0 Å². The Balaban J connectivity index is 2.30. The molecule has 0 bridgehead atoms. The normalized spacial score (nSPS) is 18.6. The molecule has 70 valence electrons. The van der Waals surface area contributed by atoms with E-state index in [0.717, 1.165) is 18.0 Å². The van der Waals surface area contributed by atoms with Crippen LogP contribution in [-0.2, 0) is 5.41 Å². The van der Waals surface area contributed by atoms with Crippen molar-refractivity contribution in [1.29, 1.82) is 0 Å². The first-order chi connectivity index (χ1) is 6.28. The van der Waals surface area contributed by atoms with Crippen LogP contribution in [-0.4, -0.2) is 11.5 Å². The molecule has 0 aliphatic heterocycles. The van der Waals surface area contributed by atoms with Gasteiger partial charge in [-0.15, -0.1) is 0 Å². The summed E-state index contributed by atoms with van der Waals surface area (Å²) in [5.74, 6) is 0. The Morgan fingerprint density at radius 1 is 1.54 bits per heavy atom. The smallest absolute Gasteiger partial charge is 0.0626 e. The van der Waals surface area contributed by atoms with Crippen molar-refractivity contribution in [2.45, 2.75) is 24.7 Å². The highest BCUT2D eigenvalue weighted by Gasteiger charge is 2.44. The molecule has 13 heavy (non-hydrogen) atoms. The fourth-order valence-corrected chi connectivity index (χ4v) is 2.21. The number of hydrogen-bond donors (Lipinski definition) is 1. The van der Waals surface area contributed by atoms with Gasteiger partial charge in [0.2, 0.25) is 0 Å². The zero-order chi connectivity index (χ0) is 9.31. The van der Waals surface area contributed by atoms with E-state index in [1.165, 1.54) is 18.4 Å². The molecule has 0 amide bonds. The van der Waals surface area contributed by atoms with E-state index in [9.17, 15) is 0 Å². The van der Waals surface area contributed by atoms with E-state index >= 15 is 0 Å². The minimum Gasteiger partial charge on any atom is -0.330 e. The second-order valence-electron chi connectivity index (χ2n) is 3.67. The molecule has 0 radical (unpaired) electrons. The molecule has 0 saturated heterocycles. The molecule has 2 N–H and O–H groups in total. The van der Waals surface area contributed by atoms with Gasteiger partial charge in [0.25, 0.3) is 0 Å². The summed E-state index contributed by atoms with van der Waals surface area (Å²) in [5.41, 5.74) is 7.10. The van der Waals surface area contributed by atoms with Gasteiger partial charge in [-0.1, -0.05) is 11.6 Å². The topological polar surface area (TPSA) is 38.9 Å². The Kier molecular flexibility index (Phi) is 2.26. The minimum atomic E-state index is 0.286. The van der Waals surface area contributed by atoms with Gasteiger partial charge in [-0.05, 0) is 42.9 Å². The van der Waals surface area contributed by atoms with E-state index in [2.05, 4.69) is 4.98 Å². The van der Waals surface area contributed by atoms with Crippen LogP contribution in [0.3, 0.4) is 0 Å². The standard InChI is InChI=1S/C10H13ClN2/c11-9-7-13-6-1-8(9)10(2-3-10)4-5-12/h1,6-7H,2-5,12H2. The molecule has 0 unspecified atom stereocenters. The van der Waals surface area contributed by atoms with Crippen molar-refractivity contribution < 1.29 is 0 Å². The summed E-state index contributed by atoms with van der Waals surface area (Å²) in [4.78, 5) is 3.98. The van der Waals surface area contributed by atoms with E-state index in [4.69, 9.17) is 17.3 Å². The van der Waals surface area contributed by atoms with Gasteiger partial charge in [-0.2, -0.15) is 0 Å². The average molecular weight is 197 g/mol. The molecular formula is C10H13ClN2. The summed E-state index contributed by atoms with van der Waals surface area (Å²) >= 11 is 6.08. The molecule has 1 aliphatic carbocycles. The van der Waals surface area contributed by atoms with Gasteiger partial charge >= 0.3 is 0 Å². The van der Waals surface area contributed by atoms with Crippen LogP contribution in [0, 0.1) is 0 Å². The molecule has 0 atom stereocenters. The van der Waals surface area contributed by atoms with Crippen LogP contribution >= 0.6 is 11.6 Å². The Morgan fingerprint density at radius 2 is 2.31 bits per heavy atom. The number of pyridine rings is 1. The highest BCUT2D eigenvalue weighted by Crippen LogP contribution is 2.52. The monoisotopic (exact) mass is 196 g/mol. The highest BCUT2D eigenvalue weighted by molar-refractivity contribution is 6.31. The fraction of sp³-hybridized carbons (Fsp3) is 0.500. The van der Waals surface area contributed by atoms with Crippen LogP contribution in [0.1, 0.15) is 24.8 Å². The van der Waals surface area contributed by atoms with Gasteiger partial charge in [0.1, 0.15) is 0 Å². The molecule has 1 aromatic rings. The lowest BCUT2D eigenvalue weighted by Gasteiger charge is -2.15. The number of halogens is 1. The molecule has 0 spiro atoms. The zero-order valence-electron chi connectivity index (χ0n) is 7.46. The molecular weight excluding hydrogens is 184 g/mol. The van der Waals surface area contributed by atoms with Crippen LogP contribution < -0.4 is 5.73 Å². The predicted molar refractivity (Wildman–Crippen MR) is 53.8 cm³/mol. The van der Waals surface area contributed by atoms with E-state index in [1.54, 1.807) is 12.4 Å². The maximum Gasteiger partial charge on any atom is 0.0626 e.